The van der Waals surface area contributed by atoms with Crippen LogP contribution in [0.15, 0.2) is 6.07 Å². The van der Waals surface area contributed by atoms with Gasteiger partial charge in [-0.1, -0.05) is 0 Å². The van der Waals surface area contributed by atoms with Gasteiger partial charge in [-0.05, 0) is 38.8 Å². The van der Waals surface area contributed by atoms with E-state index in [0.717, 1.165) is 43.7 Å². The number of rotatable bonds is 2. The number of nitrogens with one attached hydrogen (secondary N) is 2. The molecule has 0 radical (unpaired) electrons. The maximum absolute atomic E-state index is 12.4. The maximum Gasteiger partial charge on any atom is 0.229 e. The van der Waals surface area contributed by atoms with E-state index in [-0.39, 0.29) is 5.91 Å². The van der Waals surface area contributed by atoms with Crippen molar-refractivity contribution in [3.05, 3.63) is 17.5 Å². The van der Waals surface area contributed by atoms with Crippen LogP contribution in [0.4, 0.5) is 0 Å². The third-order valence-electron chi connectivity index (χ3n) is 4.03. The van der Waals surface area contributed by atoms with Gasteiger partial charge in [0.25, 0.3) is 0 Å². The van der Waals surface area contributed by atoms with Crippen molar-refractivity contribution in [2.24, 2.45) is 0 Å². The lowest BCUT2D eigenvalue weighted by atomic mass is 10.1. The van der Waals surface area contributed by atoms with Gasteiger partial charge in [0.2, 0.25) is 5.91 Å². The van der Waals surface area contributed by atoms with Gasteiger partial charge in [-0.2, -0.15) is 5.10 Å². The lowest BCUT2D eigenvalue weighted by Crippen LogP contribution is -2.43. The average Bonchev–Trinajstić information content (AvgIpc) is 2.81. The fourth-order valence-corrected chi connectivity index (χ4v) is 3.20. The van der Waals surface area contributed by atoms with Crippen LogP contribution in [0.25, 0.3) is 0 Å². The summed E-state index contributed by atoms with van der Waals surface area (Å²) in [6, 6.07) is 2.79. The molecule has 5 heteroatoms. The number of carbonyl (C=O) groups is 1. The highest BCUT2D eigenvalue weighted by molar-refractivity contribution is 5.79. The lowest BCUT2D eigenvalue weighted by molar-refractivity contribution is -0.133. The molecule has 2 aliphatic heterocycles. The summed E-state index contributed by atoms with van der Waals surface area (Å²) < 4.78 is 0. The summed E-state index contributed by atoms with van der Waals surface area (Å²) in [5.41, 5.74) is 1.87. The first-order chi connectivity index (χ1) is 8.74. The van der Waals surface area contributed by atoms with Crippen molar-refractivity contribution in [1.29, 1.82) is 0 Å². The third-order valence-corrected chi connectivity index (χ3v) is 4.03. The second-order valence-corrected chi connectivity index (χ2v) is 5.40. The zero-order valence-corrected chi connectivity index (χ0v) is 10.8. The predicted octanol–water partition coefficient (Wildman–Crippen LogP) is 0.614. The molecule has 2 N–H and O–H groups in total. The number of hydrogen-bond acceptors (Lipinski definition) is 3. The van der Waals surface area contributed by atoms with E-state index in [4.69, 9.17) is 0 Å². The van der Waals surface area contributed by atoms with Crippen molar-refractivity contribution in [3.63, 3.8) is 0 Å². The number of amides is 1. The molecular weight excluding hydrogens is 228 g/mol. The molecule has 1 aromatic rings. The molecule has 0 aliphatic carbocycles. The number of carbonyl (C=O) groups excluding carboxylic acids is 1. The van der Waals surface area contributed by atoms with Crippen molar-refractivity contribution in [2.45, 2.75) is 44.7 Å². The summed E-state index contributed by atoms with van der Waals surface area (Å²) in [5, 5.41) is 10.5. The van der Waals surface area contributed by atoms with Gasteiger partial charge in [0.15, 0.2) is 0 Å². The average molecular weight is 248 g/mol. The van der Waals surface area contributed by atoms with E-state index in [2.05, 4.69) is 20.4 Å². The summed E-state index contributed by atoms with van der Waals surface area (Å²) >= 11 is 0. The Labute approximate surface area is 107 Å². The molecule has 2 atom stereocenters. The van der Waals surface area contributed by atoms with Crippen LogP contribution in [0.1, 0.15) is 30.7 Å². The molecule has 3 rings (SSSR count). The molecule has 2 saturated heterocycles. The Hall–Kier alpha value is -1.36. The topological polar surface area (TPSA) is 61.0 Å². The van der Waals surface area contributed by atoms with Crippen LogP contribution in [0.2, 0.25) is 0 Å². The van der Waals surface area contributed by atoms with Crippen molar-refractivity contribution in [1.82, 2.24) is 20.4 Å². The third kappa shape index (κ3) is 2.14. The standard InChI is InChI=1S/C13H20N4O/c1-9-6-10(16-15-9)7-13(18)17-11-2-3-12(17)8-14-5-4-11/h6,11-12,14H,2-5,7-8H2,1H3,(H,15,16). The van der Waals surface area contributed by atoms with E-state index in [0.29, 0.717) is 18.5 Å². The quantitative estimate of drug-likeness (QED) is 0.806. The van der Waals surface area contributed by atoms with Crippen molar-refractivity contribution in [3.8, 4) is 0 Å². The second-order valence-electron chi connectivity index (χ2n) is 5.40. The minimum atomic E-state index is 0.234. The minimum absolute atomic E-state index is 0.234. The maximum atomic E-state index is 12.4. The smallest absolute Gasteiger partial charge is 0.229 e. The molecule has 2 aliphatic rings. The van der Waals surface area contributed by atoms with Crippen LogP contribution in [-0.4, -0.2) is 46.2 Å². The number of nitrogens with zero attached hydrogens (tertiary/aromatic N) is 2. The summed E-state index contributed by atoms with van der Waals surface area (Å²) in [6.07, 6.45) is 3.82. The van der Waals surface area contributed by atoms with E-state index in [9.17, 15) is 4.79 Å². The highest BCUT2D eigenvalue weighted by Gasteiger charge is 2.37. The number of aromatic amines is 1. The molecule has 98 valence electrons. The van der Waals surface area contributed by atoms with E-state index in [1.165, 1.54) is 0 Å². The zero-order valence-electron chi connectivity index (χ0n) is 10.8. The van der Waals surface area contributed by atoms with Gasteiger partial charge in [-0.25, -0.2) is 0 Å². The summed E-state index contributed by atoms with van der Waals surface area (Å²) in [5.74, 6) is 0.234. The van der Waals surface area contributed by atoms with E-state index in [1.807, 2.05) is 13.0 Å². The van der Waals surface area contributed by atoms with Gasteiger partial charge < -0.3 is 10.2 Å². The Morgan fingerprint density at radius 3 is 3.06 bits per heavy atom. The molecule has 1 aromatic heterocycles. The normalized spacial score (nSPS) is 27.3. The van der Waals surface area contributed by atoms with Gasteiger partial charge >= 0.3 is 0 Å². The predicted molar refractivity (Wildman–Crippen MR) is 68.2 cm³/mol. The van der Waals surface area contributed by atoms with Gasteiger partial charge in [-0.3, -0.25) is 9.89 Å². The summed E-state index contributed by atoms with van der Waals surface area (Å²) in [6.45, 7) is 3.94. The highest BCUT2D eigenvalue weighted by Crippen LogP contribution is 2.28. The van der Waals surface area contributed by atoms with Gasteiger partial charge in [0.1, 0.15) is 0 Å². The Balaban J connectivity index is 1.71. The van der Waals surface area contributed by atoms with E-state index in [1.54, 1.807) is 0 Å². The number of hydrogen-bond donors (Lipinski definition) is 2. The fraction of sp³-hybridized carbons (Fsp3) is 0.692. The van der Waals surface area contributed by atoms with Crippen molar-refractivity contribution in [2.75, 3.05) is 13.1 Å². The molecule has 2 bridgehead atoms. The van der Waals surface area contributed by atoms with Crippen molar-refractivity contribution < 1.29 is 4.79 Å². The minimum Gasteiger partial charge on any atom is -0.335 e. The second kappa shape index (κ2) is 4.72. The molecule has 2 fully saturated rings. The zero-order chi connectivity index (χ0) is 12.5. The molecule has 18 heavy (non-hydrogen) atoms. The first-order valence-electron chi connectivity index (χ1n) is 6.77. The molecule has 1 amide bonds. The van der Waals surface area contributed by atoms with Crippen LogP contribution in [0.5, 0.6) is 0 Å². The van der Waals surface area contributed by atoms with Gasteiger partial charge in [0, 0.05) is 24.3 Å². The van der Waals surface area contributed by atoms with Crippen molar-refractivity contribution >= 4 is 5.91 Å². The van der Waals surface area contributed by atoms with Crippen LogP contribution >= 0.6 is 0 Å². The Kier molecular flexibility index (Phi) is 3.07. The summed E-state index contributed by atoms with van der Waals surface area (Å²) in [7, 11) is 0. The van der Waals surface area contributed by atoms with E-state index < -0.39 is 0 Å². The largest absolute Gasteiger partial charge is 0.335 e. The SMILES string of the molecule is Cc1cc(CC(=O)N2C3CCNCC2CC3)n[nH]1. The first kappa shape index (κ1) is 11.7. The molecule has 5 nitrogen and oxygen atoms in total. The fourth-order valence-electron chi connectivity index (χ4n) is 3.20. The van der Waals surface area contributed by atoms with E-state index >= 15 is 0 Å². The van der Waals surface area contributed by atoms with Gasteiger partial charge in [-0.15, -0.1) is 0 Å². The van der Waals surface area contributed by atoms with Crippen LogP contribution in [-0.2, 0) is 11.2 Å². The Bertz CT molecular complexity index is 428. The molecule has 0 aromatic carbocycles. The molecule has 0 spiro atoms. The highest BCUT2D eigenvalue weighted by atomic mass is 16.2. The Morgan fingerprint density at radius 1 is 1.44 bits per heavy atom. The Morgan fingerprint density at radius 2 is 2.28 bits per heavy atom. The molecule has 2 unspecified atom stereocenters. The molecule has 0 saturated carbocycles. The number of H-pyrrole nitrogens is 1. The number of fused-ring (bicyclic) bond motifs is 2. The summed E-state index contributed by atoms with van der Waals surface area (Å²) in [4.78, 5) is 14.5. The lowest BCUT2D eigenvalue weighted by Gasteiger charge is -2.27. The van der Waals surface area contributed by atoms with Crippen LogP contribution < -0.4 is 5.32 Å². The number of aromatic nitrogens is 2. The van der Waals surface area contributed by atoms with Crippen LogP contribution in [0, 0.1) is 6.92 Å². The van der Waals surface area contributed by atoms with Crippen LogP contribution in [0.3, 0.4) is 0 Å². The monoisotopic (exact) mass is 248 g/mol. The number of aryl methyl sites for hydroxylation is 1. The molecule has 3 heterocycles. The molecular formula is C13H20N4O. The van der Waals surface area contributed by atoms with Gasteiger partial charge in [0.05, 0.1) is 12.1 Å². The first-order valence-corrected chi connectivity index (χ1v) is 6.77.